The number of fused-ring (bicyclic) bond motifs is 1. The molecule has 2 N–H and O–H groups in total. The molecule has 2 heterocycles. The maximum absolute atomic E-state index is 14.0. The zero-order valence-electron chi connectivity index (χ0n) is 21.3. The fourth-order valence-electron chi connectivity index (χ4n) is 4.90. The van der Waals surface area contributed by atoms with Gasteiger partial charge in [0, 0.05) is 27.9 Å². The van der Waals surface area contributed by atoms with Crippen LogP contribution >= 0.6 is 11.6 Å². The van der Waals surface area contributed by atoms with Crippen molar-refractivity contribution in [2.24, 2.45) is 5.10 Å². The van der Waals surface area contributed by atoms with Crippen molar-refractivity contribution in [2.45, 2.75) is 38.7 Å². The number of benzene rings is 3. The van der Waals surface area contributed by atoms with Crippen LogP contribution in [0.3, 0.4) is 0 Å². The van der Waals surface area contributed by atoms with Crippen LogP contribution in [0.25, 0.3) is 22.0 Å². The second kappa shape index (κ2) is 10.4. The van der Waals surface area contributed by atoms with Gasteiger partial charge in [0.1, 0.15) is 6.61 Å². The Morgan fingerprint density at radius 2 is 1.72 bits per heavy atom. The molecule has 3 aromatic carbocycles. The van der Waals surface area contributed by atoms with E-state index in [2.05, 4.69) is 10.1 Å². The molecule has 1 unspecified atom stereocenters. The van der Waals surface area contributed by atoms with Gasteiger partial charge >= 0.3 is 0 Å². The Labute approximate surface area is 228 Å². The Balaban J connectivity index is 1.71. The zero-order valence-corrected chi connectivity index (χ0v) is 22.1. The third kappa shape index (κ3) is 5.35. The average Bonchev–Trinajstić information content (AvgIpc) is 3.34. The predicted molar refractivity (Wildman–Crippen MR) is 148 cm³/mol. The van der Waals surface area contributed by atoms with Crippen LogP contribution in [0.15, 0.2) is 76.6 Å². The van der Waals surface area contributed by atoms with Crippen molar-refractivity contribution in [3.63, 3.8) is 0 Å². The van der Waals surface area contributed by atoms with Crippen molar-refractivity contribution in [2.75, 3.05) is 6.61 Å². The van der Waals surface area contributed by atoms with E-state index in [4.69, 9.17) is 16.7 Å². The minimum atomic E-state index is -3.60. The number of halogens is 3. The molecule has 0 radical (unpaired) electrons. The number of aliphatic hydroxyl groups is 1. The summed E-state index contributed by atoms with van der Waals surface area (Å²) >= 11 is 6.14. The number of nitrogens with one attached hydrogen (secondary N) is 1. The third-order valence-electron chi connectivity index (χ3n) is 6.86. The van der Waals surface area contributed by atoms with Crippen LogP contribution in [-0.2, 0) is 4.79 Å². The monoisotopic (exact) mass is 549 g/mol. The maximum Gasteiger partial charge on any atom is 0.279 e. The van der Waals surface area contributed by atoms with E-state index in [1.54, 1.807) is 24.3 Å². The Hall–Kier alpha value is -3.88. The number of aryl methyl sites for hydroxylation is 2. The minimum absolute atomic E-state index is 0.139. The van der Waals surface area contributed by atoms with E-state index in [1.165, 1.54) is 0 Å². The number of H-pyrrole nitrogens is 1. The van der Waals surface area contributed by atoms with Crippen molar-refractivity contribution in [3.8, 4) is 11.1 Å². The van der Waals surface area contributed by atoms with Crippen molar-refractivity contribution in [1.82, 2.24) is 9.99 Å². The summed E-state index contributed by atoms with van der Waals surface area (Å²) in [5, 5.41) is 15.9. The molecule has 0 saturated carbocycles. The van der Waals surface area contributed by atoms with E-state index in [1.807, 2.05) is 56.3 Å². The quantitative estimate of drug-likeness (QED) is 0.302. The molecule has 1 aromatic heterocycles. The molecule has 0 aliphatic carbocycles. The van der Waals surface area contributed by atoms with Crippen LogP contribution in [0.1, 0.15) is 41.1 Å². The fourth-order valence-corrected chi connectivity index (χ4v) is 5.02. The van der Waals surface area contributed by atoms with Crippen LogP contribution in [0.5, 0.6) is 0 Å². The Bertz CT molecular complexity index is 1650. The lowest BCUT2D eigenvalue weighted by molar-refractivity contribution is -0.143. The molecule has 200 valence electrons. The highest BCUT2D eigenvalue weighted by Gasteiger charge is 2.40. The number of alkyl halides is 2. The fraction of sp³-hybridized carbons (Fsp3) is 0.233. The first-order valence-corrected chi connectivity index (χ1v) is 12.8. The highest BCUT2D eigenvalue weighted by molar-refractivity contribution is 6.30. The Kier molecular flexibility index (Phi) is 7.09. The maximum atomic E-state index is 14.0. The summed E-state index contributed by atoms with van der Waals surface area (Å²) in [6.07, 6.45) is -1.07. The van der Waals surface area contributed by atoms with Crippen LogP contribution in [0.4, 0.5) is 8.78 Å². The Morgan fingerprint density at radius 3 is 2.38 bits per heavy atom. The molecule has 0 bridgehead atoms. The number of pyridine rings is 1. The SMILES string of the molecule is Cc1ccc(C2CC(c3c(-c4ccc(Cl)cc4)c4cc(C)ccc4[nH]c3=O)=NN2C(=O)CC(F)(F)CO)cc1. The van der Waals surface area contributed by atoms with Crippen molar-refractivity contribution in [3.05, 3.63) is 104 Å². The third-order valence-corrected chi connectivity index (χ3v) is 7.11. The molecule has 1 atom stereocenters. The van der Waals surface area contributed by atoms with Gasteiger partial charge in [0.2, 0.25) is 5.91 Å². The van der Waals surface area contributed by atoms with Gasteiger partial charge in [-0.1, -0.05) is 65.2 Å². The van der Waals surface area contributed by atoms with E-state index in [-0.39, 0.29) is 12.0 Å². The molecule has 6 nitrogen and oxygen atoms in total. The smallest absolute Gasteiger partial charge is 0.279 e. The first-order chi connectivity index (χ1) is 18.6. The van der Waals surface area contributed by atoms with Crippen molar-refractivity contribution in [1.29, 1.82) is 0 Å². The number of hydrogen-bond donors (Lipinski definition) is 2. The summed E-state index contributed by atoms with van der Waals surface area (Å²) in [7, 11) is 0. The molecule has 0 spiro atoms. The van der Waals surface area contributed by atoms with E-state index >= 15 is 0 Å². The molecule has 0 fully saturated rings. The molecule has 9 heteroatoms. The normalized spacial score (nSPS) is 15.6. The number of hydrazone groups is 1. The van der Waals surface area contributed by atoms with Crippen LogP contribution in [-0.4, -0.2) is 39.2 Å². The molecule has 5 rings (SSSR count). The van der Waals surface area contributed by atoms with E-state index in [0.29, 0.717) is 27.4 Å². The number of carbonyl (C=O) groups excluding carboxylic acids is 1. The molecular formula is C30H26ClF2N3O3. The van der Waals surface area contributed by atoms with Crippen molar-refractivity contribution < 1.29 is 18.7 Å². The second-order valence-electron chi connectivity index (χ2n) is 9.87. The van der Waals surface area contributed by atoms with Gasteiger partial charge in [-0.15, -0.1) is 0 Å². The topological polar surface area (TPSA) is 85.8 Å². The van der Waals surface area contributed by atoms with Gasteiger partial charge in [-0.25, -0.2) is 13.8 Å². The lowest BCUT2D eigenvalue weighted by Crippen LogP contribution is -2.34. The molecule has 1 amide bonds. The zero-order chi connectivity index (χ0) is 27.9. The summed E-state index contributed by atoms with van der Waals surface area (Å²) in [4.78, 5) is 29.6. The minimum Gasteiger partial charge on any atom is -0.390 e. The van der Waals surface area contributed by atoms with Crippen LogP contribution in [0, 0.1) is 13.8 Å². The molecular weight excluding hydrogens is 524 g/mol. The predicted octanol–water partition coefficient (Wildman–Crippen LogP) is 6.16. The van der Waals surface area contributed by atoms with Gasteiger partial charge in [0.15, 0.2) is 0 Å². The lowest BCUT2D eigenvalue weighted by Gasteiger charge is -2.24. The Morgan fingerprint density at radius 1 is 1.05 bits per heavy atom. The largest absolute Gasteiger partial charge is 0.390 e. The molecule has 1 aliphatic heterocycles. The summed E-state index contributed by atoms with van der Waals surface area (Å²) < 4.78 is 28.1. The van der Waals surface area contributed by atoms with E-state index in [9.17, 15) is 18.4 Å². The number of nitrogens with zero attached hydrogens (tertiary/aromatic N) is 2. The highest BCUT2D eigenvalue weighted by Crippen LogP contribution is 2.38. The summed E-state index contributed by atoms with van der Waals surface area (Å²) in [5.41, 5.74) is 4.79. The van der Waals surface area contributed by atoms with Crippen molar-refractivity contribution >= 4 is 34.1 Å². The average molecular weight is 550 g/mol. The van der Waals surface area contributed by atoms with Crippen LogP contribution < -0.4 is 5.56 Å². The highest BCUT2D eigenvalue weighted by atomic mass is 35.5. The number of aliphatic hydroxyl groups excluding tert-OH is 1. The lowest BCUT2D eigenvalue weighted by atomic mass is 9.90. The van der Waals surface area contributed by atoms with E-state index < -0.39 is 36.5 Å². The summed E-state index contributed by atoms with van der Waals surface area (Å²) in [5.74, 6) is -4.55. The number of hydrogen-bond acceptors (Lipinski definition) is 4. The van der Waals surface area contributed by atoms with Crippen LogP contribution in [0.2, 0.25) is 5.02 Å². The first-order valence-electron chi connectivity index (χ1n) is 12.4. The number of aromatic amines is 1. The first kappa shape index (κ1) is 26.7. The number of aromatic nitrogens is 1. The molecule has 1 aliphatic rings. The van der Waals surface area contributed by atoms with Gasteiger partial charge < -0.3 is 10.1 Å². The second-order valence-corrected chi connectivity index (χ2v) is 10.3. The molecule has 4 aromatic rings. The molecule has 0 saturated heterocycles. The number of amides is 1. The number of rotatable bonds is 6. The van der Waals surface area contributed by atoms with Gasteiger partial charge in [0.05, 0.1) is 23.7 Å². The van der Waals surface area contributed by atoms with Gasteiger partial charge in [0.25, 0.3) is 11.5 Å². The molecule has 39 heavy (non-hydrogen) atoms. The summed E-state index contributed by atoms with van der Waals surface area (Å²) in [6.45, 7) is 2.40. The standard InChI is InChI=1S/C30H26ClF2N3O3/c1-17-3-6-19(7-4-17)25-14-24(35-36(25)26(38)15-30(32,33)16-37)28-27(20-8-10-21(31)11-9-20)22-13-18(2)5-12-23(22)34-29(28)39/h3-13,25,37H,14-16H2,1-2H3,(H,34,39). The van der Waals surface area contributed by atoms with Gasteiger partial charge in [-0.2, -0.15) is 5.10 Å². The van der Waals surface area contributed by atoms with E-state index in [0.717, 1.165) is 27.1 Å². The van der Waals surface area contributed by atoms with Gasteiger partial charge in [-0.05, 0) is 49.2 Å². The number of carbonyl (C=O) groups is 1. The summed E-state index contributed by atoms with van der Waals surface area (Å²) in [6, 6.07) is 19.4. The van der Waals surface area contributed by atoms with Gasteiger partial charge in [-0.3, -0.25) is 9.59 Å².